The molecule has 1 unspecified atom stereocenters. The van der Waals surface area contributed by atoms with E-state index >= 15 is 0 Å². The van der Waals surface area contributed by atoms with Crippen molar-refractivity contribution in [1.29, 1.82) is 0 Å². The number of piperidine rings is 1. The smallest absolute Gasteiger partial charge is 0.252 e. The van der Waals surface area contributed by atoms with Crippen LogP contribution in [0.4, 0.5) is 5.82 Å². The average Bonchev–Trinajstić information content (AvgIpc) is 3.40. The van der Waals surface area contributed by atoms with E-state index < -0.39 is 15.9 Å². The van der Waals surface area contributed by atoms with E-state index in [2.05, 4.69) is 10.4 Å². The summed E-state index contributed by atoms with van der Waals surface area (Å²) in [4.78, 5) is 13.0. The normalized spacial score (nSPS) is 17.7. The molecule has 3 aromatic rings. The molecule has 4 rings (SSSR count). The minimum absolute atomic E-state index is 0.171. The lowest BCUT2D eigenvalue weighted by molar-refractivity contribution is -0.120. The van der Waals surface area contributed by atoms with Gasteiger partial charge in [-0.3, -0.25) is 4.79 Å². The van der Waals surface area contributed by atoms with Crippen LogP contribution in [0.1, 0.15) is 24.1 Å². The Morgan fingerprint density at radius 3 is 2.77 bits per heavy atom. The molecular formula is C21H24N4O3S2. The number of sulfonamides is 1. The molecule has 1 amide bonds. The quantitative estimate of drug-likeness (QED) is 0.632. The first-order valence-corrected chi connectivity index (χ1v) is 12.2. The zero-order chi connectivity index (χ0) is 21.1. The Bertz CT molecular complexity index is 1110. The Kier molecular flexibility index (Phi) is 6.03. The molecule has 1 atom stereocenters. The third kappa shape index (κ3) is 4.48. The van der Waals surface area contributed by atoms with Gasteiger partial charge in [-0.25, -0.2) is 13.1 Å². The van der Waals surface area contributed by atoms with E-state index in [1.54, 1.807) is 22.2 Å². The Hall–Kier alpha value is -2.49. The molecule has 1 fully saturated rings. The fourth-order valence-electron chi connectivity index (χ4n) is 3.66. The van der Waals surface area contributed by atoms with Gasteiger partial charge in [-0.15, -0.1) is 11.3 Å². The summed E-state index contributed by atoms with van der Waals surface area (Å²) < 4.78 is 29.2. The topological polar surface area (TPSA) is 84.3 Å². The number of rotatable bonds is 6. The number of hydrogen-bond donors (Lipinski definition) is 1. The van der Waals surface area contributed by atoms with Gasteiger partial charge in [0.2, 0.25) is 5.91 Å². The maximum absolute atomic E-state index is 13.0. The second kappa shape index (κ2) is 8.71. The Morgan fingerprint density at radius 2 is 2.03 bits per heavy atom. The van der Waals surface area contributed by atoms with Crippen LogP contribution in [0.5, 0.6) is 0 Å². The van der Waals surface area contributed by atoms with Crippen LogP contribution in [0.25, 0.3) is 0 Å². The molecule has 3 heterocycles. The fourth-order valence-corrected chi connectivity index (χ4v) is 6.33. The highest BCUT2D eigenvalue weighted by Gasteiger charge is 2.34. The van der Waals surface area contributed by atoms with E-state index in [9.17, 15) is 13.2 Å². The number of anilines is 1. The molecule has 7 nitrogen and oxygen atoms in total. The van der Waals surface area contributed by atoms with Crippen molar-refractivity contribution in [2.24, 2.45) is 5.92 Å². The third-order valence-electron chi connectivity index (χ3n) is 5.17. The van der Waals surface area contributed by atoms with Crippen LogP contribution in [-0.2, 0) is 21.4 Å². The van der Waals surface area contributed by atoms with Crippen LogP contribution in [-0.4, -0.2) is 41.5 Å². The minimum atomic E-state index is -3.55. The summed E-state index contributed by atoms with van der Waals surface area (Å²) in [5, 5.41) is 9.21. The van der Waals surface area contributed by atoms with Crippen molar-refractivity contribution in [3.05, 3.63) is 65.2 Å². The van der Waals surface area contributed by atoms with Crippen LogP contribution in [0.3, 0.4) is 0 Å². The Balaban J connectivity index is 1.47. The first-order valence-electron chi connectivity index (χ1n) is 9.86. The largest absolute Gasteiger partial charge is 0.311 e. The van der Waals surface area contributed by atoms with E-state index in [0.29, 0.717) is 36.0 Å². The second-order valence-electron chi connectivity index (χ2n) is 7.44. The maximum atomic E-state index is 13.0. The molecule has 1 aromatic carbocycles. The molecule has 1 N–H and O–H groups in total. The van der Waals surface area contributed by atoms with Gasteiger partial charge in [0.05, 0.1) is 18.2 Å². The van der Waals surface area contributed by atoms with Crippen molar-refractivity contribution < 1.29 is 13.2 Å². The number of benzene rings is 1. The summed E-state index contributed by atoms with van der Waals surface area (Å²) in [6.45, 7) is 3.06. The van der Waals surface area contributed by atoms with Gasteiger partial charge >= 0.3 is 0 Å². The molecule has 9 heteroatoms. The van der Waals surface area contributed by atoms with Crippen molar-refractivity contribution in [2.45, 2.75) is 30.5 Å². The van der Waals surface area contributed by atoms with E-state index in [-0.39, 0.29) is 12.5 Å². The SMILES string of the molecule is Cc1cc(NC(=O)C2CCCN(S(=O)(=O)c3cccs3)C2)n(Cc2ccccc2)n1. The minimum Gasteiger partial charge on any atom is -0.311 e. The number of aromatic nitrogens is 2. The molecule has 158 valence electrons. The van der Waals surface area contributed by atoms with Crippen LogP contribution in [0, 0.1) is 12.8 Å². The second-order valence-corrected chi connectivity index (χ2v) is 10.6. The number of carbonyl (C=O) groups is 1. The summed E-state index contributed by atoms with van der Waals surface area (Å²) in [7, 11) is -3.55. The molecule has 2 aromatic heterocycles. The van der Waals surface area contributed by atoms with Gasteiger partial charge in [-0.1, -0.05) is 36.4 Å². The number of amides is 1. The molecule has 0 bridgehead atoms. The number of thiophene rings is 1. The van der Waals surface area contributed by atoms with Gasteiger partial charge < -0.3 is 5.32 Å². The van der Waals surface area contributed by atoms with Crippen LogP contribution < -0.4 is 5.32 Å². The molecule has 1 aliphatic rings. The van der Waals surface area contributed by atoms with Crippen molar-refractivity contribution in [3.8, 4) is 0 Å². The van der Waals surface area contributed by atoms with Gasteiger partial charge in [-0.05, 0) is 36.8 Å². The molecular weight excluding hydrogens is 420 g/mol. The summed E-state index contributed by atoms with van der Waals surface area (Å²) in [5.74, 6) is 0.0590. The zero-order valence-corrected chi connectivity index (χ0v) is 18.3. The number of carbonyl (C=O) groups excluding carboxylic acids is 1. The van der Waals surface area contributed by atoms with E-state index in [1.165, 1.54) is 15.6 Å². The van der Waals surface area contributed by atoms with Crippen LogP contribution >= 0.6 is 11.3 Å². The number of nitrogens with zero attached hydrogens (tertiary/aromatic N) is 3. The van der Waals surface area contributed by atoms with E-state index in [4.69, 9.17) is 0 Å². The third-order valence-corrected chi connectivity index (χ3v) is 8.41. The van der Waals surface area contributed by atoms with Gasteiger partial charge in [0.15, 0.2) is 0 Å². The molecule has 0 aliphatic carbocycles. The zero-order valence-electron chi connectivity index (χ0n) is 16.7. The molecule has 1 aliphatic heterocycles. The molecule has 0 spiro atoms. The predicted octanol–water partition coefficient (Wildman–Crippen LogP) is 3.34. The predicted molar refractivity (Wildman–Crippen MR) is 117 cm³/mol. The summed E-state index contributed by atoms with van der Waals surface area (Å²) in [6.07, 6.45) is 1.32. The first-order chi connectivity index (χ1) is 14.4. The van der Waals surface area contributed by atoms with Crippen molar-refractivity contribution >= 4 is 33.1 Å². The molecule has 30 heavy (non-hydrogen) atoms. The maximum Gasteiger partial charge on any atom is 0.252 e. The fraction of sp³-hybridized carbons (Fsp3) is 0.333. The Labute approximate surface area is 180 Å². The lowest BCUT2D eigenvalue weighted by Gasteiger charge is -2.30. The van der Waals surface area contributed by atoms with Crippen molar-refractivity contribution in [2.75, 3.05) is 18.4 Å². The number of hydrogen-bond acceptors (Lipinski definition) is 5. The Morgan fingerprint density at radius 1 is 1.23 bits per heavy atom. The molecule has 1 saturated heterocycles. The van der Waals surface area contributed by atoms with E-state index in [0.717, 1.165) is 11.3 Å². The highest BCUT2D eigenvalue weighted by Crippen LogP contribution is 2.27. The first kappa shape index (κ1) is 20.8. The van der Waals surface area contributed by atoms with Gasteiger partial charge in [0.25, 0.3) is 10.0 Å². The summed E-state index contributed by atoms with van der Waals surface area (Å²) in [5.41, 5.74) is 1.90. The summed E-state index contributed by atoms with van der Waals surface area (Å²) >= 11 is 1.20. The van der Waals surface area contributed by atoms with E-state index in [1.807, 2.05) is 43.3 Å². The van der Waals surface area contributed by atoms with Crippen molar-refractivity contribution in [1.82, 2.24) is 14.1 Å². The average molecular weight is 445 g/mol. The van der Waals surface area contributed by atoms with Gasteiger partial charge in [-0.2, -0.15) is 9.40 Å². The monoisotopic (exact) mass is 444 g/mol. The number of aryl methyl sites for hydroxylation is 1. The summed E-state index contributed by atoms with van der Waals surface area (Å²) in [6, 6.07) is 15.1. The standard InChI is InChI=1S/C21H24N4O3S2/c1-16-13-19(25(23-16)14-17-7-3-2-4-8-17)22-21(26)18-9-5-11-24(15-18)30(27,28)20-10-6-12-29-20/h2-4,6-8,10,12-13,18H,5,9,11,14-15H2,1H3,(H,22,26). The lowest BCUT2D eigenvalue weighted by Crippen LogP contribution is -2.43. The highest BCUT2D eigenvalue weighted by atomic mass is 32.2. The molecule has 0 radical (unpaired) electrons. The van der Waals surface area contributed by atoms with Crippen molar-refractivity contribution in [3.63, 3.8) is 0 Å². The van der Waals surface area contributed by atoms with Gasteiger partial charge in [0, 0.05) is 19.2 Å². The lowest BCUT2D eigenvalue weighted by atomic mass is 9.99. The van der Waals surface area contributed by atoms with Crippen LogP contribution in [0.2, 0.25) is 0 Å². The van der Waals surface area contributed by atoms with Gasteiger partial charge in [0.1, 0.15) is 10.0 Å². The number of nitrogens with one attached hydrogen (secondary N) is 1. The van der Waals surface area contributed by atoms with Crippen LogP contribution in [0.15, 0.2) is 58.1 Å². The highest BCUT2D eigenvalue weighted by molar-refractivity contribution is 7.91. The molecule has 0 saturated carbocycles.